The minimum atomic E-state index is -0.355. The highest BCUT2D eigenvalue weighted by Gasteiger charge is 2.19. The van der Waals surface area contributed by atoms with Crippen molar-refractivity contribution in [2.45, 2.75) is 27.3 Å². The van der Waals surface area contributed by atoms with Crippen molar-refractivity contribution in [2.75, 3.05) is 12.4 Å². The van der Waals surface area contributed by atoms with Gasteiger partial charge in [0.15, 0.2) is 10.7 Å². The maximum absolute atomic E-state index is 13.1. The van der Waals surface area contributed by atoms with Crippen LogP contribution in [0.25, 0.3) is 4.96 Å². The number of hydrogen-bond donors (Lipinski definition) is 1. The number of carbonyl (C=O) groups is 2. The summed E-state index contributed by atoms with van der Waals surface area (Å²) in [6, 6.07) is 8.53. The average Bonchev–Trinajstić information content (AvgIpc) is 3.42. The molecule has 2 amide bonds. The van der Waals surface area contributed by atoms with Gasteiger partial charge < -0.3 is 14.6 Å². The van der Waals surface area contributed by atoms with Gasteiger partial charge in [-0.05, 0) is 50.6 Å². The van der Waals surface area contributed by atoms with Gasteiger partial charge in [0.2, 0.25) is 0 Å². The monoisotopic (exact) mass is 422 g/mol. The zero-order valence-electron chi connectivity index (χ0n) is 17.2. The molecule has 0 spiro atoms. The number of nitrogens with one attached hydrogen (secondary N) is 1. The number of thiazole rings is 1. The van der Waals surface area contributed by atoms with Crippen molar-refractivity contribution in [1.82, 2.24) is 14.3 Å². The predicted molar refractivity (Wildman–Crippen MR) is 116 cm³/mol. The number of aromatic nitrogens is 2. The summed E-state index contributed by atoms with van der Waals surface area (Å²) in [5, 5.41) is 2.81. The van der Waals surface area contributed by atoms with Crippen molar-refractivity contribution in [3.63, 3.8) is 0 Å². The molecule has 8 heteroatoms. The standard InChI is InChI=1S/C22H22N4O3S/c1-13-7-8-16(10-17(13)24-20(27)19-6-5-9-29-19)21(28)25(4)12-18-15(3)23-22-26(18)11-14(2)30-22/h5-11H,12H2,1-4H3,(H,24,27). The van der Waals surface area contributed by atoms with Crippen LogP contribution >= 0.6 is 11.3 Å². The van der Waals surface area contributed by atoms with Crippen LogP contribution in [0.5, 0.6) is 0 Å². The number of furan rings is 1. The molecule has 0 aliphatic heterocycles. The molecule has 0 saturated heterocycles. The molecule has 0 aliphatic carbocycles. The highest BCUT2D eigenvalue weighted by Crippen LogP contribution is 2.23. The van der Waals surface area contributed by atoms with Gasteiger partial charge in [0.05, 0.1) is 24.2 Å². The van der Waals surface area contributed by atoms with Crippen molar-refractivity contribution in [1.29, 1.82) is 0 Å². The number of rotatable bonds is 5. The molecule has 0 unspecified atom stereocenters. The minimum absolute atomic E-state index is 0.134. The number of fused-ring (bicyclic) bond motifs is 1. The molecular weight excluding hydrogens is 400 g/mol. The topological polar surface area (TPSA) is 79.9 Å². The molecule has 4 rings (SSSR count). The minimum Gasteiger partial charge on any atom is -0.459 e. The van der Waals surface area contributed by atoms with Crippen molar-refractivity contribution in [2.24, 2.45) is 0 Å². The Hall–Kier alpha value is -3.39. The Morgan fingerprint density at radius 2 is 2.03 bits per heavy atom. The highest BCUT2D eigenvalue weighted by molar-refractivity contribution is 7.17. The molecule has 7 nitrogen and oxygen atoms in total. The third-order valence-corrected chi connectivity index (χ3v) is 5.85. The van der Waals surface area contributed by atoms with E-state index in [4.69, 9.17) is 4.42 Å². The molecule has 3 heterocycles. The fourth-order valence-corrected chi connectivity index (χ4v) is 4.19. The van der Waals surface area contributed by atoms with Gasteiger partial charge >= 0.3 is 0 Å². The van der Waals surface area contributed by atoms with Crippen LogP contribution in [0.4, 0.5) is 5.69 Å². The van der Waals surface area contributed by atoms with Crippen LogP contribution in [0.1, 0.15) is 42.7 Å². The number of amides is 2. The zero-order chi connectivity index (χ0) is 21.4. The molecule has 0 fully saturated rings. The predicted octanol–water partition coefficient (Wildman–Crippen LogP) is 4.44. The Kier molecular flexibility index (Phi) is 5.17. The number of benzene rings is 1. The summed E-state index contributed by atoms with van der Waals surface area (Å²) >= 11 is 1.63. The second-order valence-electron chi connectivity index (χ2n) is 7.26. The second kappa shape index (κ2) is 7.79. The summed E-state index contributed by atoms with van der Waals surface area (Å²) < 4.78 is 7.18. The van der Waals surface area contributed by atoms with Crippen LogP contribution in [0.3, 0.4) is 0 Å². The van der Waals surface area contributed by atoms with Gasteiger partial charge in [-0.1, -0.05) is 6.07 Å². The molecule has 1 N–H and O–H groups in total. The molecule has 3 aromatic heterocycles. The lowest BCUT2D eigenvalue weighted by molar-refractivity contribution is 0.0782. The fourth-order valence-electron chi connectivity index (χ4n) is 3.30. The Labute approximate surface area is 178 Å². The zero-order valence-corrected chi connectivity index (χ0v) is 18.0. The van der Waals surface area contributed by atoms with Gasteiger partial charge in [-0.15, -0.1) is 11.3 Å². The quantitative estimate of drug-likeness (QED) is 0.516. The summed E-state index contributed by atoms with van der Waals surface area (Å²) in [6.45, 7) is 6.31. The van der Waals surface area contributed by atoms with Crippen molar-refractivity contribution >= 4 is 33.8 Å². The molecule has 30 heavy (non-hydrogen) atoms. The van der Waals surface area contributed by atoms with Crippen molar-refractivity contribution < 1.29 is 14.0 Å². The van der Waals surface area contributed by atoms with E-state index in [1.54, 1.807) is 47.5 Å². The first-order valence-electron chi connectivity index (χ1n) is 9.48. The lowest BCUT2D eigenvalue weighted by Gasteiger charge is -2.18. The van der Waals surface area contributed by atoms with E-state index in [0.29, 0.717) is 17.8 Å². The molecule has 1 aromatic carbocycles. The first-order valence-corrected chi connectivity index (χ1v) is 10.3. The van der Waals surface area contributed by atoms with E-state index in [-0.39, 0.29) is 17.6 Å². The third kappa shape index (κ3) is 3.73. The van der Waals surface area contributed by atoms with Crippen LogP contribution in [0, 0.1) is 20.8 Å². The molecule has 0 atom stereocenters. The van der Waals surface area contributed by atoms with Gasteiger partial charge in [0.1, 0.15) is 0 Å². The van der Waals surface area contributed by atoms with Gasteiger partial charge in [-0.3, -0.25) is 14.0 Å². The summed E-state index contributed by atoms with van der Waals surface area (Å²) in [7, 11) is 1.77. The summed E-state index contributed by atoms with van der Waals surface area (Å²) in [4.78, 5) is 33.7. The molecule has 0 radical (unpaired) electrons. The van der Waals surface area contributed by atoms with E-state index in [1.807, 2.05) is 37.4 Å². The largest absolute Gasteiger partial charge is 0.459 e. The Morgan fingerprint density at radius 1 is 1.23 bits per heavy atom. The Balaban J connectivity index is 1.55. The third-order valence-electron chi connectivity index (χ3n) is 4.95. The van der Waals surface area contributed by atoms with Crippen LogP contribution in [0.2, 0.25) is 0 Å². The second-order valence-corrected chi connectivity index (χ2v) is 8.47. The number of hydrogen-bond acceptors (Lipinski definition) is 5. The lowest BCUT2D eigenvalue weighted by Crippen LogP contribution is -2.27. The molecule has 0 saturated carbocycles. The average molecular weight is 423 g/mol. The van der Waals surface area contributed by atoms with Crippen LogP contribution in [-0.2, 0) is 6.54 Å². The van der Waals surface area contributed by atoms with Gasteiger partial charge in [-0.25, -0.2) is 4.98 Å². The molecule has 0 bridgehead atoms. The van der Waals surface area contributed by atoms with Crippen LogP contribution < -0.4 is 5.32 Å². The number of carbonyl (C=O) groups excluding carboxylic acids is 2. The summed E-state index contributed by atoms with van der Waals surface area (Å²) in [5.41, 5.74) is 3.83. The van der Waals surface area contributed by atoms with E-state index in [0.717, 1.165) is 21.9 Å². The lowest BCUT2D eigenvalue weighted by atomic mass is 10.1. The maximum Gasteiger partial charge on any atom is 0.291 e. The Morgan fingerprint density at radius 3 is 2.77 bits per heavy atom. The van der Waals surface area contributed by atoms with Gasteiger partial charge in [-0.2, -0.15) is 0 Å². The summed E-state index contributed by atoms with van der Waals surface area (Å²) in [6.07, 6.45) is 3.49. The molecule has 0 aliphatic rings. The molecular formula is C22H22N4O3S. The Bertz CT molecular complexity index is 1240. The SMILES string of the molecule is Cc1cn2c(CN(C)C(=O)c3ccc(C)c(NC(=O)c4ccco4)c3)c(C)nc2s1. The van der Waals surface area contributed by atoms with Gasteiger partial charge in [0.25, 0.3) is 11.8 Å². The number of imidazole rings is 1. The number of anilines is 1. The van der Waals surface area contributed by atoms with E-state index >= 15 is 0 Å². The van der Waals surface area contributed by atoms with E-state index in [2.05, 4.69) is 10.3 Å². The van der Waals surface area contributed by atoms with Gasteiger partial charge in [0, 0.05) is 29.4 Å². The highest BCUT2D eigenvalue weighted by atomic mass is 32.1. The normalized spacial score (nSPS) is 11.1. The maximum atomic E-state index is 13.1. The van der Waals surface area contributed by atoms with E-state index in [9.17, 15) is 9.59 Å². The van der Waals surface area contributed by atoms with E-state index in [1.165, 1.54) is 11.1 Å². The first-order chi connectivity index (χ1) is 14.3. The number of nitrogens with zero attached hydrogens (tertiary/aromatic N) is 3. The van der Waals surface area contributed by atoms with Crippen LogP contribution in [0.15, 0.2) is 47.2 Å². The first kappa shape index (κ1) is 19.9. The number of aryl methyl sites for hydroxylation is 3. The fraction of sp³-hybridized carbons (Fsp3) is 0.227. The summed E-state index contributed by atoms with van der Waals surface area (Å²) in [5.74, 6) is -0.273. The van der Waals surface area contributed by atoms with E-state index < -0.39 is 0 Å². The van der Waals surface area contributed by atoms with Crippen molar-refractivity contribution in [3.05, 3.63) is 75.9 Å². The molecule has 4 aromatic rings. The van der Waals surface area contributed by atoms with Crippen LogP contribution in [-0.4, -0.2) is 33.1 Å². The smallest absolute Gasteiger partial charge is 0.291 e. The van der Waals surface area contributed by atoms with Crippen molar-refractivity contribution in [3.8, 4) is 0 Å². The molecule has 154 valence electrons.